The summed E-state index contributed by atoms with van der Waals surface area (Å²) in [4.78, 5) is 11.5. The average Bonchev–Trinajstić information content (AvgIpc) is 2.35. The zero-order valence-electron chi connectivity index (χ0n) is 10.00. The molecule has 0 atom stereocenters. The van der Waals surface area contributed by atoms with Crippen molar-refractivity contribution in [2.24, 2.45) is 0 Å². The Bertz CT molecular complexity index is 457. The molecule has 18 heavy (non-hydrogen) atoms. The Morgan fingerprint density at radius 2 is 2.33 bits per heavy atom. The van der Waals surface area contributed by atoms with Crippen molar-refractivity contribution in [2.75, 3.05) is 25.6 Å². The highest BCUT2D eigenvalue weighted by Gasteiger charge is 2.04. The van der Waals surface area contributed by atoms with E-state index >= 15 is 0 Å². The highest BCUT2D eigenvalue weighted by Crippen LogP contribution is 2.19. The average molecular weight is 268 g/mol. The third kappa shape index (κ3) is 4.62. The molecule has 96 valence electrons. The van der Waals surface area contributed by atoms with Crippen molar-refractivity contribution < 1.29 is 9.53 Å². The number of benzene rings is 1. The van der Waals surface area contributed by atoms with Gasteiger partial charge in [-0.3, -0.25) is 0 Å². The molecule has 0 aromatic heterocycles. The lowest BCUT2D eigenvalue weighted by atomic mass is 10.2. The van der Waals surface area contributed by atoms with E-state index in [0.717, 1.165) is 6.42 Å². The fourth-order valence-corrected chi connectivity index (χ4v) is 1.50. The summed E-state index contributed by atoms with van der Waals surface area (Å²) < 4.78 is 4.86. The number of nitrogens with zero attached hydrogens (tertiary/aromatic N) is 1. The van der Waals surface area contributed by atoms with Gasteiger partial charge < -0.3 is 15.4 Å². The molecule has 2 amide bonds. The summed E-state index contributed by atoms with van der Waals surface area (Å²) in [5.74, 6) is 0. The third-order valence-electron chi connectivity index (χ3n) is 2.16. The highest BCUT2D eigenvalue weighted by molar-refractivity contribution is 6.32. The maximum atomic E-state index is 11.5. The SMILES string of the molecule is COCCCNC(=O)Nc1ccc(C#N)c(Cl)c1. The Kier molecular flexibility index (Phi) is 5.98. The summed E-state index contributed by atoms with van der Waals surface area (Å²) >= 11 is 5.85. The largest absolute Gasteiger partial charge is 0.385 e. The molecule has 1 aromatic rings. The van der Waals surface area contributed by atoms with Crippen LogP contribution in [0.5, 0.6) is 0 Å². The van der Waals surface area contributed by atoms with E-state index in [1.54, 1.807) is 19.2 Å². The lowest BCUT2D eigenvalue weighted by Crippen LogP contribution is -2.30. The van der Waals surface area contributed by atoms with E-state index in [2.05, 4.69) is 10.6 Å². The molecule has 0 bridgehead atoms. The quantitative estimate of drug-likeness (QED) is 0.805. The van der Waals surface area contributed by atoms with Crippen LogP contribution in [0.1, 0.15) is 12.0 Å². The van der Waals surface area contributed by atoms with E-state index in [4.69, 9.17) is 21.6 Å². The fraction of sp³-hybridized carbons (Fsp3) is 0.333. The van der Waals surface area contributed by atoms with Gasteiger partial charge in [0.05, 0.1) is 10.6 Å². The van der Waals surface area contributed by atoms with E-state index in [1.165, 1.54) is 6.07 Å². The Balaban J connectivity index is 2.45. The number of amides is 2. The minimum absolute atomic E-state index is 0.313. The van der Waals surface area contributed by atoms with Gasteiger partial charge in [0.1, 0.15) is 6.07 Å². The van der Waals surface area contributed by atoms with Gasteiger partial charge >= 0.3 is 6.03 Å². The first kappa shape index (κ1) is 14.3. The molecular formula is C12H14ClN3O2. The van der Waals surface area contributed by atoms with Crippen LogP contribution >= 0.6 is 11.6 Å². The van der Waals surface area contributed by atoms with E-state index in [9.17, 15) is 4.79 Å². The van der Waals surface area contributed by atoms with E-state index in [1.807, 2.05) is 6.07 Å². The van der Waals surface area contributed by atoms with Crippen LogP contribution in [0.2, 0.25) is 5.02 Å². The van der Waals surface area contributed by atoms with Crippen molar-refractivity contribution >= 4 is 23.3 Å². The maximum absolute atomic E-state index is 11.5. The summed E-state index contributed by atoms with van der Waals surface area (Å²) in [5, 5.41) is 14.3. The second-order valence-electron chi connectivity index (χ2n) is 3.53. The maximum Gasteiger partial charge on any atom is 0.319 e. The molecule has 0 aliphatic heterocycles. The standard InChI is InChI=1S/C12H14ClN3O2/c1-18-6-2-5-15-12(17)16-10-4-3-9(8-14)11(13)7-10/h3-4,7H,2,5-6H2,1H3,(H2,15,16,17). The number of carbonyl (C=O) groups is 1. The van der Waals surface area contributed by atoms with Gasteiger partial charge in [-0.15, -0.1) is 0 Å². The second kappa shape index (κ2) is 7.54. The summed E-state index contributed by atoms with van der Waals surface area (Å²) in [6.45, 7) is 1.13. The number of anilines is 1. The van der Waals surface area contributed by atoms with E-state index < -0.39 is 0 Å². The van der Waals surface area contributed by atoms with Crippen LogP contribution in [-0.2, 0) is 4.74 Å². The number of hydrogen-bond acceptors (Lipinski definition) is 3. The predicted octanol–water partition coefficient (Wildman–Crippen LogP) is 2.37. The molecule has 2 N–H and O–H groups in total. The summed E-state index contributed by atoms with van der Waals surface area (Å²) in [6, 6.07) is 6.36. The molecular weight excluding hydrogens is 254 g/mol. The Morgan fingerprint density at radius 1 is 1.56 bits per heavy atom. The number of urea groups is 1. The Labute approximate surface area is 111 Å². The van der Waals surface area contributed by atoms with Gasteiger partial charge in [-0.2, -0.15) is 5.26 Å². The molecule has 0 radical (unpaired) electrons. The lowest BCUT2D eigenvalue weighted by Gasteiger charge is -2.08. The Hall–Kier alpha value is -1.77. The zero-order valence-corrected chi connectivity index (χ0v) is 10.8. The molecule has 1 rings (SSSR count). The first-order valence-electron chi connectivity index (χ1n) is 5.41. The first-order chi connectivity index (χ1) is 8.67. The van der Waals surface area contributed by atoms with Crippen LogP contribution in [0.4, 0.5) is 10.5 Å². The van der Waals surface area contributed by atoms with Crippen molar-refractivity contribution in [3.05, 3.63) is 28.8 Å². The number of nitriles is 1. The van der Waals surface area contributed by atoms with Gasteiger partial charge in [0.15, 0.2) is 0 Å². The number of methoxy groups -OCH3 is 1. The first-order valence-corrected chi connectivity index (χ1v) is 5.78. The smallest absolute Gasteiger partial charge is 0.319 e. The summed E-state index contributed by atoms with van der Waals surface area (Å²) in [6.07, 6.45) is 0.748. The zero-order chi connectivity index (χ0) is 13.4. The van der Waals surface area contributed by atoms with Crippen LogP contribution in [0.15, 0.2) is 18.2 Å². The number of rotatable bonds is 5. The lowest BCUT2D eigenvalue weighted by molar-refractivity contribution is 0.194. The molecule has 5 nitrogen and oxygen atoms in total. The molecule has 0 fully saturated rings. The molecule has 0 heterocycles. The molecule has 0 saturated heterocycles. The van der Waals surface area contributed by atoms with Crippen LogP contribution in [0.3, 0.4) is 0 Å². The second-order valence-corrected chi connectivity index (χ2v) is 3.94. The van der Waals surface area contributed by atoms with Crippen LogP contribution < -0.4 is 10.6 Å². The molecule has 0 aliphatic carbocycles. The minimum atomic E-state index is -0.313. The van der Waals surface area contributed by atoms with Crippen LogP contribution in [0, 0.1) is 11.3 Å². The van der Waals surface area contributed by atoms with Crippen LogP contribution in [0.25, 0.3) is 0 Å². The fourth-order valence-electron chi connectivity index (χ4n) is 1.28. The number of nitrogens with one attached hydrogen (secondary N) is 2. The summed E-state index contributed by atoms with van der Waals surface area (Å²) in [5.41, 5.74) is 0.922. The molecule has 6 heteroatoms. The topological polar surface area (TPSA) is 74.2 Å². The Morgan fingerprint density at radius 3 is 2.94 bits per heavy atom. The van der Waals surface area contributed by atoms with Gasteiger partial charge in [0.2, 0.25) is 0 Å². The number of halogens is 1. The molecule has 0 spiro atoms. The molecule has 0 saturated carbocycles. The molecule has 1 aromatic carbocycles. The van der Waals surface area contributed by atoms with Crippen molar-refractivity contribution in [1.82, 2.24) is 5.32 Å². The number of ether oxygens (including phenoxy) is 1. The van der Waals surface area contributed by atoms with Crippen molar-refractivity contribution in [2.45, 2.75) is 6.42 Å². The van der Waals surface area contributed by atoms with Gasteiger partial charge in [0, 0.05) is 25.9 Å². The van der Waals surface area contributed by atoms with Gasteiger partial charge in [0.25, 0.3) is 0 Å². The monoisotopic (exact) mass is 267 g/mol. The minimum Gasteiger partial charge on any atom is -0.385 e. The number of hydrogen-bond donors (Lipinski definition) is 2. The summed E-state index contributed by atoms with van der Waals surface area (Å²) in [7, 11) is 1.61. The third-order valence-corrected chi connectivity index (χ3v) is 2.47. The van der Waals surface area contributed by atoms with Crippen molar-refractivity contribution in [1.29, 1.82) is 5.26 Å². The highest BCUT2D eigenvalue weighted by atomic mass is 35.5. The van der Waals surface area contributed by atoms with E-state index in [0.29, 0.717) is 29.4 Å². The molecule has 0 unspecified atom stereocenters. The van der Waals surface area contributed by atoms with Gasteiger partial charge in [-0.1, -0.05) is 11.6 Å². The van der Waals surface area contributed by atoms with Gasteiger partial charge in [-0.05, 0) is 24.6 Å². The van der Waals surface area contributed by atoms with Gasteiger partial charge in [-0.25, -0.2) is 4.79 Å². The predicted molar refractivity (Wildman–Crippen MR) is 69.7 cm³/mol. The van der Waals surface area contributed by atoms with Crippen molar-refractivity contribution in [3.63, 3.8) is 0 Å². The van der Waals surface area contributed by atoms with Crippen LogP contribution in [-0.4, -0.2) is 26.3 Å². The number of carbonyl (C=O) groups excluding carboxylic acids is 1. The normalized spacial score (nSPS) is 9.61. The molecule has 0 aliphatic rings. The van der Waals surface area contributed by atoms with E-state index in [-0.39, 0.29) is 6.03 Å². The van der Waals surface area contributed by atoms with Crippen molar-refractivity contribution in [3.8, 4) is 6.07 Å².